The lowest BCUT2D eigenvalue weighted by Gasteiger charge is -1.92. The molecule has 1 unspecified atom stereocenters. The molecule has 1 aromatic heterocycles. The van der Waals surface area contributed by atoms with E-state index < -0.39 is 0 Å². The Bertz CT molecular complexity index is 366. The highest BCUT2D eigenvalue weighted by atomic mass is 127. The minimum atomic E-state index is 0.660. The van der Waals surface area contributed by atoms with Crippen LogP contribution in [-0.2, 0) is 0 Å². The Labute approximate surface area is 99.1 Å². The second kappa shape index (κ2) is 6.14. The van der Waals surface area contributed by atoms with Gasteiger partial charge in [-0.15, -0.1) is 0 Å². The van der Waals surface area contributed by atoms with Crippen molar-refractivity contribution in [2.45, 2.75) is 6.92 Å². The van der Waals surface area contributed by atoms with Crippen LogP contribution in [-0.4, -0.2) is 9.55 Å². The summed E-state index contributed by atoms with van der Waals surface area (Å²) in [5, 5.41) is 4.22. The summed E-state index contributed by atoms with van der Waals surface area (Å²) >= 11 is 2.31. The van der Waals surface area contributed by atoms with Crippen LogP contribution in [0.25, 0.3) is 5.57 Å². The molecule has 2 nitrogen and oxygen atoms in total. The third-order valence-corrected chi connectivity index (χ3v) is 3.62. The number of allylic oxidation sites excluding steroid dienone is 5. The smallest absolute Gasteiger partial charge is 0.0677 e. The molecule has 1 heterocycles. The minimum Gasteiger partial charge on any atom is -0.245 e. The molecule has 0 N–H and O–H groups in total. The standard InChI is InChI=1S/C10H12IN2P/c1-3-4-5-6-9(2)10-7-12-13(8-10)14-11/h3-8,14H,1H2,2H3/b5-4-,9-6+. The van der Waals surface area contributed by atoms with Gasteiger partial charge in [0.1, 0.15) is 0 Å². The topological polar surface area (TPSA) is 17.8 Å². The predicted octanol–water partition coefficient (Wildman–Crippen LogP) is 3.82. The van der Waals surface area contributed by atoms with Crippen molar-refractivity contribution in [3.05, 3.63) is 48.8 Å². The molecule has 1 aromatic rings. The number of halogens is 1. The van der Waals surface area contributed by atoms with Crippen LogP contribution < -0.4 is 0 Å². The molecule has 0 bridgehead atoms. The average Bonchev–Trinajstić information content (AvgIpc) is 2.66. The third-order valence-electron chi connectivity index (χ3n) is 1.72. The SMILES string of the molecule is C=C/C=C\C=C(/C)c1cnn(PI)c1. The van der Waals surface area contributed by atoms with E-state index in [2.05, 4.69) is 52.9 Å². The summed E-state index contributed by atoms with van der Waals surface area (Å²) in [5.41, 5.74) is 2.38. The summed E-state index contributed by atoms with van der Waals surface area (Å²) in [4.78, 5) is 0. The first kappa shape index (κ1) is 11.7. The second-order valence-electron chi connectivity index (χ2n) is 2.73. The van der Waals surface area contributed by atoms with E-state index in [9.17, 15) is 0 Å². The van der Waals surface area contributed by atoms with E-state index in [-0.39, 0.29) is 0 Å². The normalized spacial score (nSPS) is 13.1. The molecule has 0 aliphatic rings. The van der Waals surface area contributed by atoms with Crippen molar-refractivity contribution in [3.63, 3.8) is 0 Å². The highest BCUT2D eigenvalue weighted by Crippen LogP contribution is 2.24. The van der Waals surface area contributed by atoms with Gasteiger partial charge >= 0.3 is 0 Å². The Hall–Kier alpha value is -0.410. The molecule has 4 heteroatoms. The van der Waals surface area contributed by atoms with E-state index in [1.165, 1.54) is 11.1 Å². The lowest BCUT2D eigenvalue weighted by Crippen LogP contribution is -1.76. The summed E-state index contributed by atoms with van der Waals surface area (Å²) in [7, 11) is 0. The van der Waals surface area contributed by atoms with E-state index >= 15 is 0 Å². The van der Waals surface area contributed by atoms with Crippen molar-refractivity contribution in [1.29, 1.82) is 0 Å². The zero-order chi connectivity index (χ0) is 10.4. The average molecular weight is 318 g/mol. The molecule has 0 saturated carbocycles. The van der Waals surface area contributed by atoms with Crippen molar-refractivity contribution >= 4 is 34.0 Å². The largest absolute Gasteiger partial charge is 0.245 e. The molecular weight excluding hydrogens is 306 g/mol. The first-order valence-corrected chi connectivity index (χ1v) is 8.21. The van der Waals surface area contributed by atoms with Crippen LogP contribution in [0.3, 0.4) is 0 Å². The lowest BCUT2D eigenvalue weighted by atomic mass is 10.1. The quantitative estimate of drug-likeness (QED) is 0.469. The van der Waals surface area contributed by atoms with Crippen LogP contribution in [0.5, 0.6) is 0 Å². The van der Waals surface area contributed by atoms with Crippen LogP contribution in [0.2, 0.25) is 0 Å². The van der Waals surface area contributed by atoms with Crippen molar-refractivity contribution in [2.24, 2.45) is 0 Å². The highest BCUT2D eigenvalue weighted by Gasteiger charge is 1.97. The molecule has 0 amide bonds. The molecule has 0 aliphatic carbocycles. The van der Waals surface area contributed by atoms with Gasteiger partial charge in [0.15, 0.2) is 0 Å². The molecule has 0 aromatic carbocycles. The molecule has 0 aliphatic heterocycles. The summed E-state index contributed by atoms with van der Waals surface area (Å²) in [6, 6.07) is 0. The summed E-state index contributed by atoms with van der Waals surface area (Å²) in [6.07, 6.45) is 12.3. The molecule has 0 spiro atoms. The lowest BCUT2D eigenvalue weighted by molar-refractivity contribution is 1.01. The van der Waals surface area contributed by atoms with E-state index in [0.29, 0.717) is 6.37 Å². The first-order chi connectivity index (χ1) is 6.77. The van der Waals surface area contributed by atoms with Gasteiger partial charge in [-0.3, -0.25) is 0 Å². The van der Waals surface area contributed by atoms with Crippen molar-refractivity contribution in [3.8, 4) is 0 Å². The molecule has 74 valence electrons. The van der Waals surface area contributed by atoms with Gasteiger partial charge in [-0.05, 0) is 34.5 Å². The zero-order valence-corrected chi connectivity index (χ0v) is 11.1. The molecule has 1 atom stereocenters. The molecular formula is C10H12IN2P. The van der Waals surface area contributed by atoms with Gasteiger partial charge in [0.25, 0.3) is 0 Å². The van der Waals surface area contributed by atoms with Gasteiger partial charge in [0, 0.05) is 11.8 Å². The van der Waals surface area contributed by atoms with Gasteiger partial charge < -0.3 is 0 Å². The van der Waals surface area contributed by atoms with Crippen LogP contribution in [0.4, 0.5) is 0 Å². The van der Waals surface area contributed by atoms with Crippen molar-refractivity contribution in [2.75, 3.05) is 0 Å². The summed E-state index contributed by atoms with van der Waals surface area (Å²) in [5.74, 6) is 0. The monoisotopic (exact) mass is 318 g/mol. The second-order valence-corrected chi connectivity index (χ2v) is 4.80. The Morgan fingerprint density at radius 3 is 3.00 bits per heavy atom. The van der Waals surface area contributed by atoms with Gasteiger partial charge in [-0.2, -0.15) is 5.10 Å². The number of aromatic nitrogens is 2. The molecule has 0 fully saturated rings. The van der Waals surface area contributed by atoms with Gasteiger partial charge in [0.05, 0.1) is 12.6 Å². The van der Waals surface area contributed by atoms with Gasteiger partial charge in [0.2, 0.25) is 0 Å². The van der Waals surface area contributed by atoms with Gasteiger partial charge in [-0.25, -0.2) is 4.45 Å². The van der Waals surface area contributed by atoms with Crippen LogP contribution in [0, 0.1) is 0 Å². The highest BCUT2D eigenvalue weighted by molar-refractivity contribution is 14.2. The number of hydrogen-bond acceptors (Lipinski definition) is 1. The van der Waals surface area contributed by atoms with Crippen molar-refractivity contribution < 1.29 is 0 Å². The molecule has 0 radical (unpaired) electrons. The number of hydrogen-bond donors (Lipinski definition) is 0. The maximum atomic E-state index is 4.22. The Morgan fingerprint density at radius 2 is 2.43 bits per heavy atom. The zero-order valence-electron chi connectivity index (χ0n) is 7.94. The third kappa shape index (κ3) is 3.39. The van der Waals surface area contributed by atoms with Gasteiger partial charge in [-0.1, -0.05) is 30.9 Å². The molecule has 14 heavy (non-hydrogen) atoms. The van der Waals surface area contributed by atoms with Crippen LogP contribution in [0.15, 0.2) is 43.3 Å². The number of nitrogens with zero attached hydrogens (tertiary/aromatic N) is 2. The van der Waals surface area contributed by atoms with E-state index in [1.807, 2.05) is 22.8 Å². The van der Waals surface area contributed by atoms with Crippen molar-refractivity contribution in [1.82, 2.24) is 9.55 Å². The summed E-state index contributed by atoms with van der Waals surface area (Å²) < 4.78 is 1.93. The van der Waals surface area contributed by atoms with E-state index in [4.69, 9.17) is 0 Å². The number of rotatable bonds is 4. The first-order valence-electron chi connectivity index (χ1n) is 4.15. The minimum absolute atomic E-state index is 0.660. The fourth-order valence-electron chi connectivity index (χ4n) is 0.947. The van der Waals surface area contributed by atoms with E-state index in [1.54, 1.807) is 6.08 Å². The van der Waals surface area contributed by atoms with E-state index in [0.717, 1.165) is 0 Å². The Kier molecular flexibility index (Phi) is 5.12. The molecule has 1 rings (SSSR count). The maximum Gasteiger partial charge on any atom is 0.0677 e. The summed E-state index contributed by atoms with van der Waals surface area (Å²) in [6.45, 7) is 5.69. The van der Waals surface area contributed by atoms with Crippen LogP contribution >= 0.6 is 28.4 Å². The Morgan fingerprint density at radius 1 is 1.64 bits per heavy atom. The Balaban J connectivity index is 2.77. The predicted molar refractivity (Wildman–Crippen MR) is 72.9 cm³/mol. The molecule has 0 saturated heterocycles. The fraction of sp³-hybridized carbons (Fsp3) is 0.100. The maximum absolute atomic E-state index is 4.22. The van der Waals surface area contributed by atoms with Crippen LogP contribution in [0.1, 0.15) is 12.5 Å². The fourth-order valence-corrected chi connectivity index (χ4v) is 2.03.